The highest BCUT2D eigenvalue weighted by atomic mass is 16.5. The standard InChI is InChI=1S/C24H19NO5/c1-14-11-19-20(12-15(14)2)29-22(16-6-8-18(28-3)9-7-16)23(21(19)26)30-24(27)17-5-4-10-25-13-17/h4-13H,1-3H3. The van der Waals surface area contributed by atoms with E-state index >= 15 is 0 Å². The molecule has 0 saturated carbocycles. The molecule has 2 heterocycles. The van der Waals surface area contributed by atoms with Gasteiger partial charge < -0.3 is 13.9 Å². The number of hydrogen-bond donors (Lipinski definition) is 0. The molecule has 2 aromatic heterocycles. The zero-order valence-electron chi connectivity index (χ0n) is 16.8. The van der Waals surface area contributed by atoms with Crippen molar-refractivity contribution < 1.29 is 18.7 Å². The smallest absolute Gasteiger partial charge is 0.345 e. The summed E-state index contributed by atoms with van der Waals surface area (Å²) in [6, 6.07) is 13.7. The molecular formula is C24H19NO5. The average Bonchev–Trinajstić information content (AvgIpc) is 2.77. The van der Waals surface area contributed by atoms with E-state index in [9.17, 15) is 9.59 Å². The van der Waals surface area contributed by atoms with Crippen molar-refractivity contribution >= 4 is 16.9 Å². The molecule has 0 aliphatic carbocycles. The van der Waals surface area contributed by atoms with Gasteiger partial charge in [0.1, 0.15) is 11.3 Å². The Morgan fingerprint density at radius 1 is 1.03 bits per heavy atom. The van der Waals surface area contributed by atoms with Crippen molar-refractivity contribution in [1.82, 2.24) is 4.98 Å². The van der Waals surface area contributed by atoms with Gasteiger partial charge in [0.05, 0.1) is 18.1 Å². The quantitative estimate of drug-likeness (QED) is 0.461. The molecule has 0 aliphatic rings. The lowest BCUT2D eigenvalue weighted by Crippen LogP contribution is -2.16. The molecule has 150 valence electrons. The molecule has 0 fully saturated rings. The Hall–Kier alpha value is -3.93. The van der Waals surface area contributed by atoms with Gasteiger partial charge in [0.15, 0.2) is 5.76 Å². The van der Waals surface area contributed by atoms with Gasteiger partial charge in [-0.1, -0.05) is 0 Å². The number of carbonyl (C=O) groups is 1. The first-order valence-corrected chi connectivity index (χ1v) is 9.32. The van der Waals surface area contributed by atoms with E-state index in [2.05, 4.69) is 4.98 Å². The van der Waals surface area contributed by atoms with Gasteiger partial charge in [0.25, 0.3) is 0 Å². The number of benzene rings is 2. The van der Waals surface area contributed by atoms with E-state index in [0.29, 0.717) is 22.3 Å². The van der Waals surface area contributed by atoms with Crippen LogP contribution in [0.1, 0.15) is 21.5 Å². The summed E-state index contributed by atoms with van der Waals surface area (Å²) < 4.78 is 16.8. The summed E-state index contributed by atoms with van der Waals surface area (Å²) in [6.07, 6.45) is 2.93. The largest absolute Gasteiger partial charge is 0.497 e. The van der Waals surface area contributed by atoms with Crippen LogP contribution in [-0.4, -0.2) is 18.1 Å². The molecule has 0 aliphatic heterocycles. The number of ether oxygens (including phenoxy) is 2. The average molecular weight is 401 g/mol. The van der Waals surface area contributed by atoms with Crippen LogP contribution in [0.2, 0.25) is 0 Å². The minimum atomic E-state index is -0.687. The first-order valence-electron chi connectivity index (χ1n) is 9.32. The van der Waals surface area contributed by atoms with Crippen molar-refractivity contribution in [2.45, 2.75) is 13.8 Å². The molecule has 0 atom stereocenters. The van der Waals surface area contributed by atoms with E-state index in [-0.39, 0.29) is 17.1 Å². The fraction of sp³-hybridized carbons (Fsp3) is 0.125. The summed E-state index contributed by atoms with van der Waals surface area (Å²) in [4.78, 5) is 29.9. The molecule has 0 spiro atoms. The van der Waals surface area contributed by atoms with Gasteiger partial charge in [-0.2, -0.15) is 0 Å². The van der Waals surface area contributed by atoms with Gasteiger partial charge in [-0.05, 0) is 73.5 Å². The zero-order chi connectivity index (χ0) is 21.3. The van der Waals surface area contributed by atoms with Crippen LogP contribution in [0.5, 0.6) is 11.5 Å². The van der Waals surface area contributed by atoms with E-state index < -0.39 is 11.4 Å². The molecule has 0 radical (unpaired) electrons. The molecule has 0 amide bonds. The maximum Gasteiger partial charge on any atom is 0.345 e. The molecule has 6 nitrogen and oxygen atoms in total. The number of pyridine rings is 1. The maximum absolute atomic E-state index is 13.3. The Morgan fingerprint density at radius 2 is 1.77 bits per heavy atom. The summed E-state index contributed by atoms with van der Waals surface area (Å²) in [5, 5.41) is 0.351. The van der Waals surface area contributed by atoms with Crippen LogP contribution in [-0.2, 0) is 0 Å². The van der Waals surface area contributed by atoms with Crippen molar-refractivity contribution in [2.75, 3.05) is 7.11 Å². The highest BCUT2D eigenvalue weighted by Crippen LogP contribution is 2.33. The Labute approximate surface area is 172 Å². The summed E-state index contributed by atoms with van der Waals surface area (Å²) in [7, 11) is 1.57. The lowest BCUT2D eigenvalue weighted by molar-refractivity contribution is 0.0731. The number of carbonyl (C=O) groups excluding carboxylic acids is 1. The fourth-order valence-electron chi connectivity index (χ4n) is 3.09. The Kier molecular flexibility index (Phi) is 5.06. The predicted octanol–water partition coefficient (Wildman–Crippen LogP) is 4.70. The normalized spacial score (nSPS) is 10.8. The van der Waals surface area contributed by atoms with Gasteiger partial charge in [-0.25, -0.2) is 4.79 Å². The van der Waals surface area contributed by atoms with Crippen LogP contribution in [0.3, 0.4) is 0 Å². The third-order valence-electron chi connectivity index (χ3n) is 4.91. The van der Waals surface area contributed by atoms with E-state index in [1.54, 1.807) is 55.8 Å². The number of aryl methyl sites for hydroxylation is 2. The second kappa shape index (κ2) is 7.83. The maximum atomic E-state index is 13.3. The van der Waals surface area contributed by atoms with Gasteiger partial charge in [0, 0.05) is 18.0 Å². The zero-order valence-corrected chi connectivity index (χ0v) is 16.8. The van der Waals surface area contributed by atoms with E-state index in [1.165, 1.54) is 6.20 Å². The molecule has 4 aromatic rings. The van der Waals surface area contributed by atoms with Crippen molar-refractivity contribution in [3.8, 4) is 22.8 Å². The van der Waals surface area contributed by atoms with E-state index in [4.69, 9.17) is 13.9 Å². The number of esters is 1. The van der Waals surface area contributed by atoms with Crippen LogP contribution in [0.15, 0.2) is 70.1 Å². The van der Waals surface area contributed by atoms with Crippen molar-refractivity contribution in [1.29, 1.82) is 0 Å². The number of rotatable bonds is 4. The lowest BCUT2D eigenvalue weighted by atomic mass is 10.0. The lowest BCUT2D eigenvalue weighted by Gasteiger charge is -2.12. The number of aromatic nitrogens is 1. The third-order valence-corrected chi connectivity index (χ3v) is 4.91. The van der Waals surface area contributed by atoms with Crippen LogP contribution in [0, 0.1) is 13.8 Å². The Balaban J connectivity index is 1.92. The highest BCUT2D eigenvalue weighted by molar-refractivity contribution is 5.92. The predicted molar refractivity (Wildman–Crippen MR) is 113 cm³/mol. The molecule has 0 saturated heterocycles. The molecular weight excluding hydrogens is 382 g/mol. The number of nitrogens with zero attached hydrogens (tertiary/aromatic N) is 1. The molecule has 2 aromatic carbocycles. The number of fused-ring (bicyclic) bond motifs is 1. The van der Waals surface area contributed by atoms with Gasteiger partial charge in [0.2, 0.25) is 11.2 Å². The summed E-state index contributed by atoms with van der Waals surface area (Å²) in [5.74, 6) is -0.0176. The molecule has 4 rings (SSSR count). The van der Waals surface area contributed by atoms with Crippen molar-refractivity contribution in [3.05, 3.63) is 87.8 Å². The minimum absolute atomic E-state index is 0.162. The van der Waals surface area contributed by atoms with Crippen molar-refractivity contribution in [3.63, 3.8) is 0 Å². The minimum Gasteiger partial charge on any atom is -0.497 e. The Bertz CT molecular complexity index is 1290. The van der Waals surface area contributed by atoms with Crippen LogP contribution < -0.4 is 14.9 Å². The van der Waals surface area contributed by atoms with Crippen LogP contribution >= 0.6 is 0 Å². The topological polar surface area (TPSA) is 78.6 Å². The number of methoxy groups -OCH3 is 1. The first-order chi connectivity index (χ1) is 14.5. The fourth-order valence-corrected chi connectivity index (χ4v) is 3.09. The Morgan fingerprint density at radius 3 is 2.43 bits per heavy atom. The third kappa shape index (κ3) is 3.55. The molecule has 0 N–H and O–H groups in total. The van der Waals surface area contributed by atoms with Crippen molar-refractivity contribution in [2.24, 2.45) is 0 Å². The van der Waals surface area contributed by atoms with E-state index in [1.807, 2.05) is 19.9 Å². The highest BCUT2D eigenvalue weighted by Gasteiger charge is 2.22. The first kappa shape index (κ1) is 19.4. The van der Waals surface area contributed by atoms with Gasteiger partial charge >= 0.3 is 5.97 Å². The second-order valence-electron chi connectivity index (χ2n) is 6.88. The van der Waals surface area contributed by atoms with Crippen LogP contribution in [0.25, 0.3) is 22.3 Å². The summed E-state index contributed by atoms with van der Waals surface area (Å²) in [5.41, 5.74) is 2.76. The summed E-state index contributed by atoms with van der Waals surface area (Å²) in [6.45, 7) is 3.85. The molecule has 30 heavy (non-hydrogen) atoms. The van der Waals surface area contributed by atoms with Gasteiger partial charge in [-0.3, -0.25) is 9.78 Å². The molecule has 0 bridgehead atoms. The SMILES string of the molecule is COc1ccc(-c2oc3cc(C)c(C)cc3c(=O)c2OC(=O)c2cccnc2)cc1. The monoisotopic (exact) mass is 401 g/mol. The van der Waals surface area contributed by atoms with E-state index in [0.717, 1.165) is 11.1 Å². The summed E-state index contributed by atoms with van der Waals surface area (Å²) >= 11 is 0. The molecule has 6 heteroatoms. The van der Waals surface area contributed by atoms with Gasteiger partial charge in [-0.15, -0.1) is 0 Å². The number of hydrogen-bond acceptors (Lipinski definition) is 6. The molecule has 0 unspecified atom stereocenters. The second-order valence-corrected chi connectivity index (χ2v) is 6.88. The van der Waals surface area contributed by atoms with Crippen LogP contribution in [0.4, 0.5) is 0 Å².